The minimum atomic E-state index is -3.24. The minimum Gasteiger partial charge on any atom is -0.224 e. The van der Waals surface area contributed by atoms with E-state index in [0.29, 0.717) is 9.92 Å². The van der Waals surface area contributed by atoms with Gasteiger partial charge < -0.3 is 0 Å². The van der Waals surface area contributed by atoms with Crippen LogP contribution in [-0.2, 0) is 16.3 Å². The largest absolute Gasteiger partial charge is 0.224 e. The minimum absolute atomic E-state index is 0.304. The third-order valence-corrected chi connectivity index (χ3v) is 4.37. The van der Waals surface area contributed by atoms with Gasteiger partial charge in [0.25, 0.3) is 0 Å². The first-order valence-corrected chi connectivity index (χ1v) is 8.21. The molecule has 4 heteroatoms. The van der Waals surface area contributed by atoms with Crippen LogP contribution in [0.1, 0.15) is 38.2 Å². The third kappa shape index (κ3) is 4.32. The number of sulfone groups is 1. The number of hydrogen-bond donors (Lipinski definition) is 0. The molecule has 0 heterocycles. The summed E-state index contributed by atoms with van der Waals surface area (Å²) in [5.74, 6) is 0. The molecule has 0 aliphatic heterocycles. The Morgan fingerprint density at radius 3 is 2.47 bits per heavy atom. The lowest BCUT2D eigenvalue weighted by Crippen LogP contribution is -2.03. The van der Waals surface area contributed by atoms with Crippen LogP contribution in [-0.4, -0.2) is 14.7 Å². The van der Waals surface area contributed by atoms with Crippen molar-refractivity contribution in [1.29, 1.82) is 0 Å². The Kier molecular flexibility index (Phi) is 5.47. The van der Waals surface area contributed by atoms with Crippen LogP contribution < -0.4 is 0 Å². The van der Waals surface area contributed by atoms with E-state index in [1.54, 1.807) is 6.07 Å². The quantitative estimate of drug-likeness (QED) is 0.738. The van der Waals surface area contributed by atoms with Crippen LogP contribution in [0.15, 0.2) is 23.1 Å². The molecule has 0 N–H and O–H groups in total. The first kappa shape index (κ1) is 14.5. The van der Waals surface area contributed by atoms with Gasteiger partial charge in [-0.3, -0.25) is 0 Å². The maximum atomic E-state index is 11.7. The summed E-state index contributed by atoms with van der Waals surface area (Å²) in [5, 5.41) is 0.334. The van der Waals surface area contributed by atoms with Crippen molar-refractivity contribution in [1.82, 2.24) is 0 Å². The molecule has 0 amide bonds. The zero-order valence-corrected chi connectivity index (χ0v) is 11.9. The van der Waals surface area contributed by atoms with E-state index in [4.69, 9.17) is 11.6 Å². The second kappa shape index (κ2) is 6.41. The molecule has 0 bridgehead atoms. The van der Waals surface area contributed by atoms with Crippen LogP contribution in [0.5, 0.6) is 0 Å². The van der Waals surface area contributed by atoms with E-state index in [1.165, 1.54) is 19.1 Å². The first-order valence-electron chi connectivity index (χ1n) is 5.94. The van der Waals surface area contributed by atoms with E-state index < -0.39 is 9.84 Å². The average molecular weight is 275 g/mol. The molecule has 0 aliphatic rings. The summed E-state index contributed by atoms with van der Waals surface area (Å²) >= 11 is 5.97. The second-order valence-corrected chi connectivity index (χ2v) is 6.67. The van der Waals surface area contributed by atoms with Gasteiger partial charge in [0.1, 0.15) is 0 Å². The molecule has 1 rings (SSSR count). The maximum Gasteiger partial charge on any atom is 0.177 e. The van der Waals surface area contributed by atoms with Gasteiger partial charge in [-0.1, -0.05) is 49.9 Å². The van der Waals surface area contributed by atoms with Gasteiger partial charge in [-0.15, -0.1) is 0 Å². The number of aryl methyl sites for hydroxylation is 1. The van der Waals surface area contributed by atoms with E-state index >= 15 is 0 Å². The molecule has 0 saturated heterocycles. The highest BCUT2D eigenvalue weighted by Crippen LogP contribution is 2.26. The summed E-state index contributed by atoms with van der Waals surface area (Å²) < 4.78 is 23.4. The van der Waals surface area contributed by atoms with Gasteiger partial charge in [-0.25, -0.2) is 8.42 Å². The molecule has 0 fully saturated rings. The van der Waals surface area contributed by atoms with Crippen molar-refractivity contribution in [2.24, 2.45) is 0 Å². The molecule has 0 aliphatic carbocycles. The smallest absolute Gasteiger partial charge is 0.177 e. The molecule has 0 spiro atoms. The number of benzene rings is 1. The lowest BCUT2D eigenvalue weighted by atomic mass is 10.1. The van der Waals surface area contributed by atoms with Crippen LogP contribution in [0.25, 0.3) is 0 Å². The normalized spacial score (nSPS) is 11.7. The zero-order valence-electron chi connectivity index (χ0n) is 10.4. The van der Waals surface area contributed by atoms with E-state index in [2.05, 4.69) is 6.92 Å². The molecule has 0 saturated carbocycles. The fraction of sp³-hybridized carbons (Fsp3) is 0.538. The van der Waals surface area contributed by atoms with Crippen molar-refractivity contribution in [3.05, 3.63) is 28.8 Å². The fourth-order valence-electron chi connectivity index (χ4n) is 1.91. The zero-order chi connectivity index (χ0) is 12.9. The molecular weight excluding hydrogens is 256 g/mol. The van der Waals surface area contributed by atoms with Crippen LogP contribution in [0.3, 0.4) is 0 Å². The Hall–Kier alpha value is -0.540. The van der Waals surface area contributed by atoms with Crippen molar-refractivity contribution >= 4 is 21.4 Å². The molecule has 1 aromatic carbocycles. The van der Waals surface area contributed by atoms with Crippen LogP contribution in [0, 0.1) is 0 Å². The van der Waals surface area contributed by atoms with E-state index in [9.17, 15) is 8.42 Å². The molecule has 96 valence electrons. The number of rotatable bonds is 6. The molecular formula is C13H19ClO2S. The summed E-state index contributed by atoms with van der Waals surface area (Å²) in [5.41, 5.74) is 0.844. The summed E-state index contributed by atoms with van der Waals surface area (Å²) in [6, 6.07) is 5.30. The van der Waals surface area contributed by atoms with Gasteiger partial charge in [0.2, 0.25) is 0 Å². The molecule has 17 heavy (non-hydrogen) atoms. The average Bonchev–Trinajstić information content (AvgIpc) is 2.22. The molecule has 2 nitrogen and oxygen atoms in total. The second-order valence-electron chi connectivity index (χ2n) is 4.31. The van der Waals surface area contributed by atoms with E-state index in [1.807, 2.05) is 12.1 Å². The summed E-state index contributed by atoms with van der Waals surface area (Å²) in [4.78, 5) is 0.304. The van der Waals surface area contributed by atoms with Crippen molar-refractivity contribution in [2.45, 2.75) is 43.9 Å². The Morgan fingerprint density at radius 2 is 1.88 bits per heavy atom. The number of hydrogen-bond acceptors (Lipinski definition) is 2. The van der Waals surface area contributed by atoms with Crippen molar-refractivity contribution in [3.8, 4) is 0 Å². The van der Waals surface area contributed by atoms with Gasteiger partial charge in [0.15, 0.2) is 9.84 Å². The summed E-state index contributed by atoms with van der Waals surface area (Å²) in [6.45, 7) is 2.15. The van der Waals surface area contributed by atoms with Gasteiger partial charge in [-0.05, 0) is 24.5 Å². The Balaban J connectivity index is 2.89. The lowest BCUT2D eigenvalue weighted by Gasteiger charge is -2.09. The fourth-order valence-corrected chi connectivity index (χ4v) is 3.59. The van der Waals surface area contributed by atoms with Crippen LogP contribution in [0.4, 0.5) is 0 Å². The molecule has 0 unspecified atom stereocenters. The maximum absolute atomic E-state index is 11.7. The third-order valence-electron chi connectivity index (χ3n) is 2.72. The molecule has 0 aromatic heterocycles. The summed E-state index contributed by atoms with van der Waals surface area (Å²) in [7, 11) is -3.24. The topological polar surface area (TPSA) is 34.1 Å². The first-order chi connectivity index (χ1) is 7.96. The van der Waals surface area contributed by atoms with Gasteiger partial charge in [0.05, 0.1) is 9.92 Å². The molecule has 0 radical (unpaired) electrons. The molecule has 1 aromatic rings. The SMILES string of the molecule is CCCCCCc1cccc(Cl)c1S(C)(=O)=O. The van der Waals surface area contributed by atoms with Crippen molar-refractivity contribution < 1.29 is 8.42 Å². The Bertz CT molecular complexity index is 466. The van der Waals surface area contributed by atoms with Gasteiger partial charge in [-0.2, -0.15) is 0 Å². The molecule has 0 atom stereocenters. The van der Waals surface area contributed by atoms with Gasteiger partial charge in [0, 0.05) is 6.26 Å². The Labute approximate surface area is 109 Å². The number of unbranched alkanes of at least 4 members (excludes halogenated alkanes) is 3. The van der Waals surface area contributed by atoms with Crippen LogP contribution >= 0.6 is 11.6 Å². The highest BCUT2D eigenvalue weighted by atomic mass is 35.5. The van der Waals surface area contributed by atoms with E-state index in [0.717, 1.165) is 24.8 Å². The van der Waals surface area contributed by atoms with Crippen molar-refractivity contribution in [2.75, 3.05) is 6.26 Å². The lowest BCUT2D eigenvalue weighted by molar-refractivity contribution is 0.599. The highest BCUT2D eigenvalue weighted by molar-refractivity contribution is 7.90. The highest BCUT2D eigenvalue weighted by Gasteiger charge is 2.16. The van der Waals surface area contributed by atoms with Crippen molar-refractivity contribution in [3.63, 3.8) is 0 Å². The Morgan fingerprint density at radius 1 is 1.18 bits per heavy atom. The van der Waals surface area contributed by atoms with Crippen LogP contribution in [0.2, 0.25) is 5.02 Å². The standard InChI is InChI=1S/C13H19ClO2S/c1-3-4-5-6-8-11-9-7-10-12(14)13(11)17(2,15)16/h7,9-10H,3-6,8H2,1-2H3. The predicted molar refractivity (Wildman–Crippen MR) is 72.4 cm³/mol. The van der Waals surface area contributed by atoms with Gasteiger partial charge >= 0.3 is 0 Å². The number of halogens is 1. The monoisotopic (exact) mass is 274 g/mol. The summed E-state index contributed by atoms with van der Waals surface area (Å²) in [6.07, 6.45) is 6.50. The van der Waals surface area contributed by atoms with E-state index in [-0.39, 0.29) is 0 Å². The predicted octanol–water partition coefficient (Wildman–Crippen LogP) is 3.87.